The molecule has 0 spiro atoms. The van der Waals surface area contributed by atoms with Crippen molar-refractivity contribution < 1.29 is 4.74 Å². The van der Waals surface area contributed by atoms with Gasteiger partial charge in [-0.1, -0.05) is 15.9 Å². The lowest BCUT2D eigenvalue weighted by atomic mass is 10.2. The van der Waals surface area contributed by atoms with Gasteiger partial charge in [0.25, 0.3) is 0 Å². The fourth-order valence-corrected chi connectivity index (χ4v) is 2.37. The number of hydrogen-bond acceptors (Lipinski definition) is 3. The molecular formula is C16H19BrN2O. The van der Waals surface area contributed by atoms with Crippen molar-refractivity contribution in [3.05, 3.63) is 46.4 Å². The second-order valence-corrected chi connectivity index (χ2v) is 5.92. The Kier molecular flexibility index (Phi) is 4.55. The molecule has 0 aliphatic rings. The minimum Gasteiger partial charge on any atom is -0.489 e. The topological polar surface area (TPSA) is 47.3 Å². The van der Waals surface area contributed by atoms with E-state index in [0.717, 1.165) is 15.8 Å². The number of benzene rings is 2. The van der Waals surface area contributed by atoms with Gasteiger partial charge in [0.15, 0.2) is 0 Å². The first-order chi connectivity index (χ1) is 9.45. The lowest BCUT2D eigenvalue weighted by Crippen LogP contribution is -2.07. The maximum atomic E-state index is 5.92. The summed E-state index contributed by atoms with van der Waals surface area (Å²) in [6, 6.07) is 11.9. The number of rotatable bonds is 4. The zero-order valence-electron chi connectivity index (χ0n) is 11.9. The Balaban J connectivity index is 2.25. The van der Waals surface area contributed by atoms with E-state index < -0.39 is 0 Å². The minimum atomic E-state index is 0.0990. The van der Waals surface area contributed by atoms with Crippen LogP contribution in [0.2, 0.25) is 0 Å². The van der Waals surface area contributed by atoms with Crippen molar-refractivity contribution in [1.82, 2.24) is 0 Å². The Hall–Kier alpha value is -1.68. The van der Waals surface area contributed by atoms with Crippen LogP contribution in [-0.2, 0) is 0 Å². The van der Waals surface area contributed by atoms with Gasteiger partial charge in [0, 0.05) is 21.9 Å². The molecule has 0 aliphatic carbocycles. The van der Waals surface area contributed by atoms with Gasteiger partial charge in [0.2, 0.25) is 0 Å². The van der Waals surface area contributed by atoms with Crippen molar-refractivity contribution in [3.63, 3.8) is 0 Å². The molecule has 0 aromatic heterocycles. The number of nitrogen functional groups attached to an aromatic ring is 1. The summed E-state index contributed by atoms with van der Waals surface area (Å²) in [5, 5.41) is 3.38. The van der Waals surface area contributed by atoms with Crippen LogP contribution in [0.3, 0.4) is 0 Å². The lowest BCUT2D eigenvalue weighted by molar-refractivity contribution is 0.244. The molecule has 3 N–H and O–H groups in total. The van der Waals surface area contributed by atoms with Gasteiger partial charge in [-0.2, -0.15) is 0 Å². The largest absolute Gasteiger partial charge is 0.489 e. The third-order valence-electron chi connectivity index (χ3n) is 2.84. The first-order valence-electron chi connectivity index (χ1n) is 6.55. The van der Waals surface area contributed by atoms with Crippen LogP contribution in [0.5, 0.6) is 5.75 Å². The van der Waals surface area contributed by atoms with E-state index in [2.05, 4.69) is 34.2 Å². The second-order valence-electron chi connectivity index (χ2n) is 5.00. The van der Waals surface area contributed by atoms with Gasteiger partial charge in [-0.15, -0.1) is 0 Å². The molecule has 2 aromatic carbocycles. The van der Waals surface area contributed by atoms with Gasteiger partial charge in [0.1, 0.15) is 5.75 Å². The molecule has 0 atom stereocenters. The van der Waals surface area contributed by atoms with Crippen LogP contribution in [0.4, 0.5) is 17.1 Å². The van der Waals surface area contributed by atoms with Gasteiger partial charge in [-0.25, -0.2) is 0 Å². The van der Waals surface area contributed by atoms with E-state index >= 15 is 0 Å². The quantitative estimate of drug-likeness (QED) is 0.784. The van der Waals surface area contributed by atoms with E-state index in [1.807, 2.05) is 44.2 Å². The molecule has 0 radical (unpaired) electrons. The molecule has 0 fully saturated rings. The number of aryl methyl sites for hydroxylation is 1. The van der Waals surface area contributed by atoms with E-state index in [4.69, 9.17) is 10.5 Å². The summed E-state index contributed by atoms with van der Waals surface area (Å²) in [7, 11) is 0. The van der Waals surface area contributed by atoms with Crippen molar-refractivity contribution in [3.8, 4) is 5.75 Å². The predicted molar refractivity (Wildman–Crippen MR) is 88.8 cm³/mol. The van der Waals surface area contributed by atoms with E-state index in [-0.39, 0.29) is 6.10 Å². The summed E-state index contributed by atoms with van der Waals surface area (Å²) >= 11 is 3.47. The van der Waals surface area contributed by atoms with Crippen LogP contribution in [-0.4, -0.2) is 6.10 Å². The summed E-state index contributed by atoms with van der Waals surface area (Å²) in [6.45, 7) is 6.03. The maximum absolute atomic E-state index is 5.92. The normalized spacial score (nSPS) is 10.7. The summed E-state index contributed by atoms with van der Waals surface area (Å²) in [6.07, 6.45) is 0.0990. The third kappa shape index (κ3) is 3.67. The average Bonchev–Trinajstić information content (AvgIpc) is 2.36. The van der Waals surface area contributed by atoms with Crippen LogP contribution in [0.15, 0.2) is 40.9 Å². The monoisotopic (exact) mass is 334 g/mol. The van der Waals surface area contributed by atoms with E-state index in [1.54, 1.807) is 0 Å². The Morgan fingerprint density at radius 1 is 1.15 bits per heavy atom. The van der Waals surface area contributed by atoms with Crippen molar-refractivity contribution in [1.29, 1.82) is 0 Å². The van der Waals surface area contributed by atoms with Gasteiger partial charge in [-0.3, -0.25) is 0 Å². The molecule has 4 heteroatoms. The molecule has 0 saturated carbocycles. The Morgan fingerprint density at radius 2 is 1.90 bits per heavy atom. The maximum Gasteiger partial charge on any atom is 0.144 e. The molecule has 3 nitrogen and oxygen atoms in total. The van der Waals surface area contributed by atoms with Crippen LogP contribution >= 0.6 is 15.9 Å². The summed E-state index contributed by atoms with van der Waals surface area (Å²) in [5.74, 6) is 0.708. The van der Waals surface area contributed by atoms with E-state index in [1.165, 1.54) is 5.56 Å². The fraction of sp³-hybridized carbons (Fsp3) is 0.250. The fourth-order valence-electron chi connectivity index (χ4n) is 1.89. The number of halogens is 1. The molecule has 20 heavy (non-hydrogen) atoms. The molecule has 0 aliphatic heterocycles. The number of anilines is 3. The average molecular weight is 335 g/mol. The van der Waals surface area contributed by atoms with Crippen LogP contribution in [0.25, 0.3) is 0 Å². The SMILES string of the molecule is Cc1cc(Br)ccc1Nc1ccc(N)c(OC(C)C)c1. The van der Waals surface area contributed by atoms with Crippen molar-refractivity contribution in [2.24, 2.45) is 0 Å². The Labute approximate surface area is 128 Å². The van der Waals surface area contributed by atoms with Gasteiger partial charge >= 0.3 is 0 Å². The first-order valence-corrected chi connectivity index (χ1v) is 7.34. The Bertz CT molecular complexity index is 611. The van der Waals surface area contributed by atoms with Crippen molar-refractivity contribution >= 4 is 33.0 Å². The second kappa shape index (κ2) is 6.18. The Morgan fingerprint density at radius 3 is 2.55 bits per heavy atom. The van der Waals surface area contributed by atoms with E-state index in [9.17, 15) is 0 Å². The van der Waals surface area contributed by atoms with Crippen LogP contribution in [0.1, 0.15) is 19.4 Å². The smallest absolute Gasteiger partial charge is 0.144 e. The highest BCUT2D eigenvalue weighted by Gasteiger charge is 2.06. The number of nitrogens with two attached hydrogens (primary N) is 1. The molecule has 106 valence electrons. The molecular weight excluding hydrogens is 316 g/mol. The van der Waals surface area contributed by atoms with E-state index in [0.29, 0.717) is 11.4 Å². The molecule has 2 rings (SSSR count). The zero-order valence-corrected chi connectivity index (χ0v) is 13.5. The van der Waals surface area contributed by atoms with Gasteiger partial charge < -0.3 is 15.8 Å². The first kappa shape index (κ1) is 14.7. The highest BCUT2D eigenvalue weighted by Crippen LogP contribution is 2.30. The molecule has 0 unspecified atom stereocenters. The summed E-state index contributed by atoms with van der Waals surface area (Å²) in [5.41, 5.74) is 9.76. The number of hydrogen-bond donors (Lipinski definition) is 2. The molecule has 2 aromatic rings. The predicted octanol–water partition coefficient (Wildman–Crippen LogP) is 4.87. The van der Waals surface area contributed by atoms with Gasteiger partial charge in [-0.05, 0) is 56.7 Å². The lowest BCUT2D eigenvalue weighted by Gasteiger charge is -2.15. The highest BCUT2D eigenvalue weighted by atomic mass is 79.9. The molecule has 0 heterocycles. The minimum absolute atomic E-state index is 0.0990. The van der Waals surface area contributed by atoms with Crippen molar-refractivity contribution in [2.45, 2.75) is 26.9 Å². The molecule has 0 bridgehead atoms. The van der Waals surface area contributed by atoms with Crippen LogP contribution in [0, 0.1) is 6.92 Å². The number of nitrogens with one attached hydrogen (secondary N) is 1. The zero-order chi connectivity index (χ0) is 14.7. The molecule has 0 saturated heterocycles. The molecule has 0 amide bonds. The summed E-state index contributed by atoms with van der Waals surface area (Å²) in [4.78, 5) is 0. The summed E-state index contributed by atoms with van der Waals surface area (Å²) < 4.78 is 6.77. The highest BCUT2D eigenvalue weighted by molar-refractivity contribution is 9.10. The third-order valence-corrected chi connectivity index (χ3v) is 3.34. The van der Waals surface area contributed by atoms with Crippen LogP contribution < -0.4 is 15.8 Å². The standard InChI is InChI=1S/C16H19BrN2O/c1-10(2)20-16-9-13(5-6-14(16)18)19-15-7-4-12(17)8-11(15)3/h4-10,19H,18H2,1-3H3. The van der Waals surface area contributed by atoms with Gasteiger partial charge in [0.05, 0.1) is 11.8 Å². The number of ether oxygens (including phenoxy) is 1. The van der Waals surface area contributed by atoms with Crippen molar-refractivity contribution in [2.75, 3.05) is 11.1 Å².